The lowest BCUT2D eigenvalue weighted by Gasteiger charge is -1.91. The average molecular weight is 215 g/mol. The van der Waals surface area contributed by atoms with E-state index in [4.69, 9.17) is 4.42 Å². The molecule has 0 spiro atoms. The van der Waals surface area contributed by atoms with Crippen LogP contribution in [0.2, 0.25) is 0 Å². The molecule has 5 nitrogen and oxygen atoms in total. The zero-order chi connectivity index (χ0) is 11.0. The van der Waals surface area contributed by atoms with Crippen molar-refractivity contribution in [3.63, 3.8) is 0 Å². The minimum absolute atomic E-state index is 0.126. The third-order valence-corrected chi connectivity index (χ3v) is 2.30. The summed E-state index contributed by atoms with van der Waals surface area (Å²) in [5, 5.41) is 13.8. The van der Waals surface area contributed by atoms with Crippen LogP contribution in [0.25, 0.3) is 5.65 Å². The van der Waals surface area contributed by atoms with E-state index in [9.17, 15) is 5.11 Å². The Labute approximate surface area is 91.0 Å². The van der Waals surface area contributed by atoms with Crippen LogP contribution < -0.4 is 0 Å². The molecule has 16 heavy (non-hydrogen) atoms. The fraction of sp³-hybridized carbons (Fsp3) is 0.0909. The van der Waals surface area contributed by atoms with Gasteiger partial charge in [-0.3, -0.25) is 0 Å². The minimum Gasteiger partial charge on any atom is -0.504 e. The van der Waals surface area contributed by atoms with Crippen LogP contribution in [0.3, 0.4) is 0 Å². The van der Waals surface area contributed by atoms with Gasteiger partial charge < -0.3 is 9.52 Å². The highest BCUT2D eigenvalue weighted by Gasteiger charge is 2.08. The molecule has 80 valence electrons. The Hall–Kier alpha value is -2.30. The van der Waals surface area contributed by atoms with Gasteiger partial charge in [-0.2, -0.15) is 5.10 Å². The van der Waals surface area contributed by atoms with Gasteiger partial charge in [0.25, 0.3) is 0 Å². The second kappa shape index (κ2) is 3.37. The van der Waals surface area contributed by atoms with E-state index in [0.29, 0.717) is 17.9 Å². The van der Waals surface area contributed by atoms with Gasteiger partial charge in [-0.15, -0.1) is 0 Å². The van der Waals surface area contributed by atoms with Crippen molar-refractivity contribution in [3.05, 3.63) is 48.3 Å². The van der Waals surface area contributed by atoms with Crippen LogP contribution >= 0.6 is 0 Å². The highest BCUT2D eigenvalue weighted by Crippen LogP contribution is 2.16. The highest BCUT2D eigenvalue weighted by molar-refractivity contribution is 5.51. The lowest BCUT2D eigenvalue weighted by atomic mass is 10.3. The van der Waals surface area contributed by atoms with E-state index in [0.717, 1.165) is 5.76 Å². The Morgan fingerprint density at radius 3 is 3.00 bits per heavy atom. The number of aromatic nitrogens is 3. The molecule has 0 fully saturated rings. The van der Waals surface area contributed by atoms with Gasteiger partial charge in [0.2, 0.25) is 0 Å². The molecule has 3 aromatic rings. The maximum Gasteiger partial charge on any atom is 0.197 e. The number of nitrogens with zero attached hydrogens (tertiary/aromatic N) is 3. The second-order valence-electron chi connectivity index (χ2n) is 3.45. The van der Waals surface area contributed by atoms with Crippen LogP contribution in [0.15, 0.2) is 41.1 Å². The Kier molecular flexibility index (Phi) is 1.89. The van der Waals surface area contributed by atoms with Gasteiger partial charge in [-0.25, -0.2) is 9.50 Å². The van der Waals surface area contributed by atoms with Crippen molar-refractivity contribution in [3.8, 4) is 5.75 Å². The zero-order valence-electron chi connectivity index (χ0n) is 8.37. The number of hydrogen-bond donors (Lipinski definition) is 1. The van der Waals surface area contributed by atoms with E-state index in [1.807, 2.05) is 12.1 Å². The van der Waals surface area contributed by atoms with E-state index < -0.39 is 0 Å². The third-order valence-electron chi connectivity index (χ3n) is 2.30. The van der Waals surface area contributed by atoms with Crippen LogP contribution in [0.4, 0.5) is 0 Å². The van der Waals surface area contributed by atoms with Crippen molar-refractivity contribution in [2.24, 2.45) is 0 Å². The quantitative estimate of drug-likeness (QED) is 0.705. The smallest absolute Gasteiger partial charge is 0.197 e. The van der Waals surface area contributed by atoms with Crippen LogP contribution in [0.1, 0.15) is 11.6 Å². The van der Waals surface area contributed by atoms with Gasteiger partial charge in [0.05, 0.1) is 12.7 Å². The summed E-state index contributed by atoms with van der Waals surface area (Å²) in [6, 6.07) is 6.99. The predicted octanol–water partition coefficient (Wildman–Crippen LogP) is 1.62. The summed E-state index contributed by atoms with van der Waals surface area (Å²) in [4.78, 5) is 4.23. The van der Waals surface area contributed by atoms with Crippen molar-refractivity contribution in [1.82, 2.24) is 14.6 Å². The van der Waals surface area contributed by atoms with Gasteiger partial charge in [0.1, 0.15) is 5.76 Å². The monoisotopic (exact) mass is 215 g/mol. The molecule has 5 heteroatoms. The van der Waals surface area contributed by atoms with Crippen LogP contribution in [-0.2, 0) is 6.42 Å². The first kappa shape index (κ1) is 8.96. The normalized spacial score (nSPS) is 11.0. The number of hydrogen-bond acceptors (Lipinski definition) is 4. The van der Waals surface area contributed by atoms with Crippen LogP contribution in [-0.4, -0.2) is 19.7 Å². The van der Waals surface area contributed by atoms with Crippen molar-refractivity contribution in [1.29, 1.82) is 0 Å². The molecule has 0 aliphatic rings. The Morgan fingerprint density at radius 1 is 1.31 bits per heavy atom. The SMILES string of the molecule is Oc1cccn2nc(Cc3ccco3)nc12. The molecule has 0 aliphatic heterocycles. The number of fused-ring (bicyclic) bond motifs is 1. The number of pyridine rings is 1. The van der Waals surface area contributed by atoms with E-state index in [1.54, 1.807) is 29.1 Å². The van der Waals surface area contributed by atoms with Crippen molar-refractivity contribution < 1.29 is 9.52 Å². The second-order valence-corrected chi connectivity index (χ2v) is 3.45. The van der Waals surface area contributed by atoms with Crippen molar-refractivity contribution in [2.45, 2.75) is 6.42 Å². The van der Waals surface area contributed by atoms with Gasteiger partial charge in [0.15, 0.2) is 17.2 Å². The molecule has 0 unspecified atom stereocenters. The average Bonchev–Trinajstić information content (AvgIpc) is 2.88. The minimum atomic E-state index is 0.126. The molecule has 0 bridgehead atoms. The topological polar surface area (TPSA) is 63.6 Å². The summed E-state index contributed by atoms with van der Waals surface area (Å²) in [5.74, 6) is 1.55. The van der Waals surface area contributed by atoms with Crippen LogP contribution in [0, 0.1) is 0 Å². The standard InChI is InChI=1S/C11H9N3O2/c15-9-4-1-5-14-11(9)12-10(13-14)7-8-3-2-6-16-8/h1-6,15H,7H2. The van der Waals surface area contributed by atoms with E-state index in [1.165, 1.54) is 0 Å². The maximum absolute atomic E-state index is 9.56. The van der Waals surface area contributed by atoms with Gasteiger partial charge in [0, 0.05) is 6.20 Å². The van der Waals surface area contributed by atoms with Gasteiger partial charge in [-0.05, 0) is 24.3 Å². The molecule has 0 aromatic carbocycles. The predicted molar refractivity (Wildman–Crippen MR) is 56.2 cm³/mol. The number of rotatable bonds is 2. The molecular formula is C11H9N3O2. The highest BCUT2D eigenvalue weighted by atomic mass is 16.3. The van der Waals surface area contributed by atoms with Crippen molar-refractivity contribution in [2.75, 3.05) is 0 Å². The Bertz CT molecular complexity index is 613. The molecule has 0 radical (unpaired) electrons. The summed E-state index contributed by atoms with van der Waals surface area (Å²) in [7, 11) is 0. The van der Waals surface area contributed by atoms with Gasteiger partial charge >= 0.3 is 0 Å². The summed E-state index contributed by atoms with van der Waals surface area (Å²) in [6.45, 7) is 0. The molecule has 3 heterocycles. The Morgan fingerprint density at radius 2 is 2.25 bits per heavy atom. The lowest BCUT2D eigenvalue weighted by Crippen LogP contribution is -1.90. The summed E-state index contributed by atoms with van der Waals surface area (Å²) in [5.41, 5.74) is 0.462. The molecule has 3 aromatic heterocycles. The third kappa shape index (κ3) is 1.42. The summed E-state index contributed by atoms with van der Waals surface area (Å²) < 4.78 is 6.76. The summed E-state index contributed by atoms with van der Waals surface area (Å²) >= 11 is 0. The fourth-order valence-electron chi connectivity index (χ4n) is 1.58. The summed E-state index contributed by atoms with van der Waals surface area (Å²) in [6.07, 6.45) is 3.88. The Balaban J connectivity index is 2.02. The van der Waals surface area contributed by atoms with E-state index in [-0.39, 0.29) is 5.75 Å². The molecule has 0 atom stereocenters. The van der Waals surface area contributed by atoms with E-state index >= 15 is 0 Å². The molecular weight excluding hydrogens is 206 g/mol. The maximum atomic E-state index is 9.56. The zero-order valence-corrected chi connectivity index (χ0v) is 8.37. The molecule has 0 aliphatic carbocycles. The molecule has 3 rings (SSSR count). The number of furan rings is 1. The molecule has 1 N–H and O–H groups in total. The molecule has 0 amide bonds. The van der Waals surface area contributed by atoms with Gasteiger partial charge in [-0.1, -0.05) is 0 Å². The largest absolute Gasteiger partial charge is 0.504 e. The molecule has 0 saturated heterocycles. The van der Waals surface area contributed by atoms with Crippen molar-refractivity contribution >= 4 is 5.65 Å². The lowest BCUT2D eigenvalue weighted by molar-refractivity contribution is 0.477. The first-order valence-electron chi connectivity index (χ1n) is 4.88. The number of aromatic hydroxyl groups is 1. The van der Waals surface area contributed by atoms with Crippen LogP contribution in [0.5, 0.6) is 5.75 Å². The first-order valence-corrected chi connectivity index (χ1v) is 4.88. The first-order chi connectivity index (χ1) is 7.83. The fourth-order valence-corrected chi connectivity index (χ4v) is 1.58. The molecule has 0 saturated carbocycles. The van der Waals surface area contributed by atoms with E-state index in [2.05, 4.69) is 10.1 Å².